The first-order chi connectivity index (χ1) is 10.6. The highest BCUT2D eigenvalue weighted by molar-refractivity contribution is 5.60. The first-order valence-corrected chi connectivity index (χ1v) is 7.76. The van der Waals surface area contributed by atoms with Gasteiger partial charge in [-0.1, -0.05) is 19.9 Å². The van der Waals surface area contributed by atoms with E-state index in [-0.39, 0.29) is 5.56 Å². The molecule has 118 valence electrons. The summed E-state index contributed by atoms with van der Waals surface area (Å²) in [6.07, 6.45) is 0. The van der Waals surface area contributed by atoms with Gasteiger partial charge < -0.3 is 15.0 Å². The highest BCUT2D eigenvalue weighted by atomic mass is 16.5. The number of aromatic nitrogens is 1. The highest BCUT2D eigenvalue weighted by Crippen LogP contribution is 2.20. The van der Waals surface area contributed by atoms with Gasteiger partial charge in [0.1, 0.15) is 5.75 Å². The number of aromatic amines is 1. The molecule has 0 aliphatic heterocycles. The fourth-order valence-electron chi connectivity index (χ4n) is 2.20. The Balaban J connectivity index is 2.09. The molecule has 22 heavy (non-hydrogen) atoms. The summed E-state index contributed by atoms with van der Waals surface area (Å²) in [6, 6.07) is 11.6. The zero-order valence-electron chi connectivity index (χ0n) is 13.5. The molecule has 0 unspecified atom stereocenters. The molecule has 0 aliphatic rings. The van der Waals surface area contributed by atoms with E-state index >= 15 is 0 Å². The van der Waals surface area contributed by atoms with Crippen molar-refractivity contribution in [1.82, 2.24) is 10.3 Å². The fourth-order valence-corrected chi connectivity index (χ4v) is 2.20. The predicted molar refractivity (Wildman–Crippen MR) is 90.2 cm³/mol. The molecule has 2 aromatic rings. The molecule has 4 nitrogen and oxygen atoms in total. The molecule has 1 aromatic carbocycles. The van der Waals surface area contributed by atoms with Gasteiger partial charge in [0.2, 0.25) is 0 Å². The lowest BCUT2D eigenvalue weighted by molar-refractivity contribution is 0.340. The van der Waals surface area contributed by atoms with Crippen molar-refractivity contribution in [2.45, 2.75) is 27.3 Å². The van der Waals surface area contributed by atoms with Gasteiger partial charge in [0, 0.05) is 17.8 Å². The number of pyridine rings is 1. The summed E-state index contributed by atoms with van der Waals surface area (Å²) in [6.45, 7) is 8.39. The molecule has 0 radical (unpaired) electrons. The lowest BCUT2D eigenvalue weighted by Crippen LogP contribution is -2.24. The maximum absolute atomic E-state index is 12.1. The summed E-state index contributed by atoms with van der Waals surface area (Å²) in [5.41, 5.74) is 2.51. The molecular formula is C18H24N2O2. The monoisotopic (exact) mass is 300 g/mol. The van der Waals surface area contributed by atoms with Crippen LogP contribution in [0, 0.1) is 5.92 Å². The molecule has 4 heteroatoms. The fraction of sp³-hybridized carbons (Fsp3) is 0.389. The number of rotatable bonds is 7. The summed E-state index contributed by atoms with van der Waals surface area (Å²) in [5, 5.41) is 3.29. The minimum Gasteiger partial charge on any atom is -0.494 e. The molecule has 0 amide bonds. The summed E-state index contributed by atoms with van der Waals surface area (Å²) in [5.74, 6) is 1.41. The molecule has 2 rings (SSSR count). The van der Waals surface area contributed by atoms with Crippen LogP contribution in [0.3, 0.4) is 0 Å². The van der Waals surface area contributed by atoms with Crippen molar-refractivity contribution in [1.29, 1.82) is 0 Å². The van der Waals surface area contributed by atoms with Crippen molar-refractivity contribution in [3.05, 3.63) is 52.3 Å². The molecule has 1 aromatic heterocycles. The van der Waals surface area contributed by atoms with Gasteiger partial charge in [-0.15, -0.1) is 0 Å². The maximum Gasteiger partial charge on any atom is 0.252 e. The van der Waals surface area contributed by atoms with Crippen LogP contribution in [0.4, 0.5) is 0 Å². The minimum absolute atomic E-state index is 0.0392. The van der Waals surface area contributed by atoms with E-state index in [0.717, 1.165) is 29.1 Å². The van der Waals surface area contributed by atoms with E-state index in [1.807, 2.05) is 43.3 Å². The smallest absolute Gasteiger partial charge is 0.252 e. The Morgan fingerprint density at radius 3 is 2.45 bits per heavy atom. The number of H-pyrrole nitrogens is 1. The average Bonchev–Trinajstić information content (AvgIpc) is 2.50. The van der Waals surface area contributed by atoms with E-state index in [1.54, 1.807) is 0 Å². The van der Waals surface area contributed by atoms with Gasteiger partial charge in [-0.05, 0) is 55.3 Å². The normalized spacial score (nSPS) is 10.9. The van der Waals surface area contributed by atoms with Crippen molar-refractivity contribution in [3.63, 3.8) is 0 Å². The van der Waals surface area contributed by atoms with Gasteiger partial charge in [-0.2, -0.15) is 0 Å². The van der Waals surface area contributed by atoms with Crippen LogP contribution in [0.15, 0.2) is 41.2 Å². The van der Waals surface area contributed by atoms with Crippen molar-refractivity contribution in [3.8, 4) is 17.0 Å². The number of benzene rings is 1. The predicted octanol–water partition coefficient (Wildman–Crippen LogP) is 3.19. The topological polar surface area (TPSA) is 54.1 Å². The highest BCUT2D eigenvalue weighted by Gasteiger charge is 2.04. The zero-order valence-corrected chi connectivity index (χ0v) is 13.5. The van der Waals surface area contributed by atoms with E-state index in [2.05, 4.69) is 24.1 Å². The van der Waals surface area contributed by atoms with Crippen molar-refractivity contribution in [2.75, 3.05) is 13.2 Å². The van der Waals surface area contributed by atoms with Crippen LogP contribution in [-0.4, -0.2) is 18.1 Å². The summed E-state index contributed by atoms with van der Waals surface area (Å²) in [4.78, 5) is 15.1. The maximum atomic E-state index is 12.1. The summed E-state index contributed by atoms with van der Waals surface area (Å²) < 4.78 is 5.42. The molecule has 0 atom stereocenters. The number of ether oxygens (including phenoxy) is 1. The molecular weight excluding hydrogens is 276 g/mol. The van der Waals surface area contributed by atoms with Gasteiger partial charge in [0.05, 0.1) is 6.61 Å². The van der Waals surface area contributed by atoms with E-state index < -0.39 is 0 Å². The standard InChI is InChI=1S/C18H24N2O2/c1-4-22-16-8-5-14(6-9-16)17-10-7-15(18(21)20-17)12-19-11-13(2)3/h5-10,13,19H,4,11-12H2,1-3H3,(H,20,21). The van der Waals surface area contributed by atoms with Gasteiger partial charge in [0.25, 0.3) is 5.56 Å². The lowest BCUT2D eigenvalue weighted by atomic mass is 10.1. The Morgan fingerprint density at radius 2 is 1.86 bits per heavy atom. The quantitative estimate of drug-likeness (QED) is 0.825. The van der Waals surface area contributed by atoms with Crippen LogP contribution in [0.2, 0.25) is 0 Å². The second-order valence-corrected chi connectivity index (χ2v) is 5.71. The number of hydrogen-bond acceptors (Lipinski definition) is 3. The van der Waals surface area contributed by atoms with Crippen molar-refractivity contribution < 1.29 is 4.74 Å². The van der Waals surface area contributed by atoms with Crippen LogP contribution in [-0.2, 0) is 6.54 Å². The van der Waals surface area contributed by atoms with Crippen LogP contribution in [0.5, 0.6) is 5.75 Å². The summed E-state index contributed by atoms with van der Waals surface area (Å²) in [7, 11) is 0. The Morgan fingerprint density at radius 1 is 1.14 bits per heavy atom. The van der Waals surface area contributed by atoms with E-state index in [0.29, 0.717) is 19.1 Å². The first kappa shape index (κ1) is 16.3. The lowest BCUT2D eigenvalue weighted by Gasteiger charge is -2.08. The molecule has 0 aliphatic carbocycles. The van der Waals surface area contributed by atoms with E-state index in [1.165, 1.54) is 0 Å². The number of nitrogens with one attached hydrogen (secondary N) is 2. The Hall–Kier alpha value is -2.07. The largest absolute Gasteiger partial charge is 0.494 e. The third kappa shape index (κ3) is 4.46. The SMILES string of the molecule is CCOc1ccc(-c2ccc(CNCC(C)C)c(=O)[nH]2)cc1. The molecule has 1 heterocycles. The Kier molecular flexibility index (Phi) is 5.78. The molecule has 2 N–H and O–H groups in total. The third-order valence-corrected chi connectivity index (χ3v) is 3.34. The van der Waals surface area contributed by atoms with Crippen molar-refractivity contribution in [2.24, 2.45) is 5.92 Å². The average molecular weight is 300 g/mol. The van der Waals surface area contributed by atoms with Gasteiger partial charge in [0.15, 0.2) is 0 Å². The zero-order chi connectivity index (χ0) is 15.9. The minimum atomic E-state index is -0.0392. The van der Waals surface area contributed by atoms with E-state index in [9.17, 15) is 4.79 Å². The number of hydrogen-bond donors (Lipinski definition) is 2. The Labute approximate surface area is 131 Å². The van der Waals surface area contributed by atoms with Gasteiger partial charge in [-0.25, -0.2) is 0 Å². The van der Waals surface area contributed by atoms with Crippen LogP contribution >= 0.6 is 0 Å². The molecule has 0 spiro atoms. The molecule has 0 saturated carbocycles. The summed E-state index contributed by atoms with van der Waals surface area (Å²) >= 11 is 0. The van der Waals surface area contributed by atoms with Crippen LogP contribution in [0.1, 0.15) is 26.3 Å². The Bertz CT molecular complexity index is 645. The van der Waals surface area contributed by atoms with Gasteiger partial charge >= 0.3 is 0 Å². The van der Waals surface area contributed by atoms with Gasteiger partial charge in [-0.3, -0.25) is 4.79 Å². The molecule has 0 bridgehead atoms. The molecule has 0 fully saturated rings. The second-order valence-electron chi connectivity index (χ2n) is 5.71. The molecule has 0 saturated heterocycles. The van der Waals surface area contributed by atoms with Crippen LogP contribution < -0.4 is 15.6 Å². The third-order valence-electron chi connectivity index (χ3n) is 3.34. The first-order valence-electron chi connectivity index (χ1n) is 7.76. The van der Waals surface area contributed by atoms with Crippen molar-refractivity contribution >= 4 is 0 Å². The van der Waals surface area contributed by atoms with E-state index in [4.69, 9.17) is 4.74 Å². The van der Waals surface area contributed by atoms with Crippen LogP contribution in [0.25, 0.3) is 11.3 Å². The second kappa shape index (κ2) is 7.80.